The van der Waals surface area contributed by atoms with Crippen LogP contribution >= 0.6 is 0 Å². The highest BCUT2D eigenvalue weighted by Crippen LogP contribution is 2.23. The molecule has 2 rings (SSSR count). The number of hydrogen-bond acceptors (Lipinski definition) is 5. The molecular formula is C19H26N4O5S. The van der Waals surface area contributed by atoms with Gasteiger partial charge in [0.1, 0.15) is 0 Å². The second-order valence-electron chi connectivity index (χ2n) is 7.73. The molecule has 0 bridgehead atoms. The predicted octanol–water partition coefficient (Wildman–Crippen LogP) is 3.14. The summed E-state index contributed by atoms with van der Waals surface area (Å²) in [6.07, 6.45) is 0. The monoisotopic (exact) mass is 422 g/mol. The summed E-state index contributed by atoms with van der Waals surface area (Å²) in [4.78, 5) is 24.4. The molecule has 0 radical (unpaired) electrons. The molecule has 0 aliphatic rings. The van der Waals surface area contributed by atoms with Gasteiger partial charge in [0.05, 0.1) is 11.4 Å². The van der Waals surface area contributed by atoms with E-state index in [4.69, 9.17) is 4.42 Å². The number of carbonyl (C=O) groups excluding carboxylic acids is 2. The third-order valence-electron chi connectivity index (χ3n) is 3.35. The van der Waals surface area contributed by atoms with E-state index in [1.807, 2.05) is 13.8 Å². The molecule has 0 aliphatic carbocycles. The number of sulfonamides is 1. The number of furan rings is 1. The zero-order chi connectivity index (χ0) is 21.8. The van der Waals surface area contributed by atoms with Crippen LogP contribution in [-0.2, 0) is 10.0 Å². The molecule has 0 fully saturated rings. The molecule has 0 spiro atoms. The van der Waals surface area contributed by atoms with Gasteiger partial charge in [-0.15, -0.1) is 0 Å². The topological polar surface area (TPSA) is 130 Å². The van der Waals surface area contributed by atoms with Gasteiger partial charge in [0, 0.05) is 11.6 Å². The molecule has 1 aromatic heterocycles. The third-order valence-corrected chi connectivity index (χ3v) is 4.98. The van der Waals surface area contributed by atoms with Crippen LogP contribution in [-0.4, -0.2) is 31.9 Å². The summed E-state index contributed by atoms with van der Waals surface area (Å²) >= 11 is 0. The predicted molar refractivity (Wildman–Crippen MR) is 110 cm³/mol. The first-order valence-electron chi connectivity index (χ1n) is 8.99. The minimum atomic E-state index is -3.90. The number of urea groups is 1. The van der Waals surface area contributed by atoms with Crippen LogP contribution in [0.3, 0.4) is 0 Å². The first-order valence-corrected chi connectivity index (χ1v) is 10.5. The van der Waals surface area contributed by atoms with E-state index < -0.39 is 27.5 Å². The molecule has 29 heavy (non-hydrogen) atoms. The molecular weight excluding hydrogens is 396 g/mol. The Morgan fingerprint density at radius 3 is 2.10 bits per heavy atom. The Morgan fingerprint density at radius 1 is 0.966 bits per heavy atom. The summed E-state index contributed by atoms with van der Waals surface area (Å²) in [5.41, 5.74) is 0.0210. The van der Waals surface area contributed by atoms with E-state index in [0.29, 0.717) is 11.4 Å². The van der Waals surface area contributed by atoms with Crippen molar-refractivity contribution >= 4 is 33.3 Å². The normalized spacial score (nSPS) is 11.9. The van der Waals surface area contributed by atoms with Crippen LogP contribution in [0.2, 0.25) is 0 Å². The van der Waals surface area contributed by atoms with Crippen molar-refractivity contribution in [2.24, 2.45) is 0 Å². The van der Waals surface area contributed by atoms with Crippen molar-refractivity contribution in [3.05, 3.63) is 42.2 Å². The average molecular weight is 423 g/mol. The van der Waals surface area contributed by atoms with Gasteiger partial charge in [-0.25, -0.2) is 17.9 Å². The second kappa shape index (κ2) is 8.66. The number of benzene rings is 1. The Labute approximate surface area is 170 Å². The Morgan fingerprint density at radius 2 is 1.55 bits per heavy atom. The lowest BCUT2D eigenvalue weighted by molar-refractivity contribution is 0.0991. The Kier molecular flexibility index (Phi) is 6.70. The summed E-state index contributed by atoms with van der Waals surface area (Å²) in [5, 5.41) is 7.59. The Balaban J connectivity index is 2.16. The maximum absolute atomic E-state index is 12.5. The summed E-state index contributed by atoms with van der Waals surface area (Å²) in [6, 6.07) is 8.63. The first kappa shape index (κ1) is 22.4. The molecule has 0 saturated heterocycles. The molecule has 0 aliphatic heterocycles. The Bertz CT molecular complexity index is 990. The maximum Gasteiger partial charge on any atom is 0.319 e. The number of para-hydroxylation sites is 2. The van der Waals surface area contributed by atoms with E-state index >= 15 is 0 Å². The molecule has 10 heteroatoms. The minimum Gasteiger partial charge on any atom is -0.438 e. The van der Waals surface area contributed by atoms with Gasteiger partial charge in [-0.2, -0.15) is 0 Å². The minimum absolute atomic E-state index is 0.0538. The highest BCUT2D eigenvalue weighted by Gasteiger charge is 2.26. The van der Waals surface area contributed by atoms with Gasteiger partial charge in [-0.1, -0.05) is 12.1 Å². The highest BCUT2D eigenvalue weighted by atomic mass is 32.2. The van der Waals surface area contributed by atoms with Gasteiger partial charge < -0.3 is 20.4 Å². The number of carbonyl (C=O) groups is 2. The fourth-order valence-corrected chi connectivity index (χ4v) is 3.70. The largest absolute Gasteiger partial charge is 0.438 e. The lowest BCUT2D eigenvalue weighted by Crippen LogP contribution is -2.40. The maximum atomic E-state index is 12.5. The van der Waals surface area contributed by atoms with Crippen LogP contribution in [0, 0.1) is 0 Å². The summed E-state index contributed by atoms with van der Waals surface area (Å²) < 4.78 is 32.3. The van der Waals surface area contributed by atoms with Crippen LogP contribution in [0.25, 0.3) is 0 Å². The lowest BCUT2D eigenvalue weighted by Gasteiger charge is -2.19. The van der Waals surface area contributed by atoms with Crippen LogP contribution in [0.5, 0.6) is 0 Å². The number of nitrogens with one attached hydrogen (secondary N) is 4. The number of hydrogen-bond donors (Lipinski definition) is 4. The van der Waals surface area contributed by atoms with E-state index in [-0.39, 0.29) is 16.9 Å². The number of anilines is 2. The van der Waals surface area contributed by atoms with Gasteiger partial charge in [0.25, 0.3) is 15.9 Å². The van der Waals surface area contributed by atoms with Crippen LogP contribution in [0.4, 0.5) is 16.2 Å². The summed E-state index contributed by atoms with van der Waals surface area (Å²) in [6.45, 7) is 8.73. The molecule has 158 valence electrons. The summed E-state index contributed by atoms with van der Waals surface area (Å²) in [5.74, 6) is -0.832. The molecule has 9 nitrogen and oxygen atoms in total. The molecule has 4 N–H and O–H groups in total. The zero-order valence-electron chi connectivity index (χ0n) is 17.0. The van der Waals surface area contributed by atoms with E-state index in [1.54, 1.807) is 45.0 Å². The highest BCUT2D eigenvalue weighted by molar-refractivity contribution is 7.89. The molecule has 1 aromatic carbocycles. The van der Waals surface area contributed by atoms with Crippen LogP contribution < -0.4 is 20.7 Å². The SMILES string of the molecule is CC(C)NC(=O)Nc1ccccc1NC(=O)c1ccc(S(=O)(=O)NC(C)(C)C)o1. The van der Waals surface area contributed by atoms with E-state index in [2.05, 4.69) is 20.7 Å². The van der Waals surface area contributed by atoms with Crippen molar-refractivity contribution in [1.82, 2.24) is 10.0 Å². The van der Waals surface area contributed by atoms with Crippen molar-refractivity contribution in [1.29, 1.82) is 0 Å². The van der Waals surface area contributed by atoms with Crippen molar-refractivity contribution in [2.45, 2.75) is 51.3 Å². The smallest absolute Gasteiger partial charge is 0.319 e. The summed E-state index contributed by atoms with van der Waals surface area (Å²) in [7, 11) is -3.90. The second-order valence-corrected chi connectivity index (χ2v) is 9.34. The molecule has 3 amide bonds. The average Bonchev–Trinajstić information content (AvgIpc) is 3.04. The van der Waals surface area contributed by atoms with E-state index in [0.717, 1.165) is 0 Å². The van der Waals surface area contributed by atoms with Crippen molar-refractivity contribution in [3.8, 4) is 0 Å². The molecule has 2 aromatic rings. The molecule has 0 saturated carbocycles. The van der Waals surface area contributed by atoms with Crippen LogP contribution in [0.1, 0.15) is 45.2 Å². The molecule has 0 unspecified atom stereocenters. The molecule has 0 atom stereocenters. The van der Waals surface area contributed by atoms with Crippen molar-refractivity contribution in [3.63, 3.8) is 0 Å². The van der Waals surface area contributed by atoms with Crippen molar-refractivity contribution in [2.75, 3.05) is 10.6 Å². The van der Waals surface area contributed by atoms with Gasteiger partial charge in [0.2, 0.25) is 5.09 Å². The van der Waals surface area contributed by atoms with Gasteiger partial charge >= 0.3 is 6.03 Å². The zero-order valence-corrected chi connectivity index (χ0v) is 17.8. The fraction of sp³-hybridized carbons (Fsp3) is 0.368. The number of rotatable bonds is 6. The Hall–Kier alpha value is -2.85. The first-order chi connectivity index (χ1) is 13.4. The van der Waals surface area contributed by atoms with E-state index in [1.165, 1.54) is 12.1 Å². The standard InChI is InChI=1S/C19H26N4O5S/c1-12(2)20-18(25)22-14-9-7-6-8-13(14)21-17(24)15-10-11-16(28-15)29(26,27)23-19(3,4)5/h6-12,23H,1-5H3,(H,21,24)(H2,20,22,25). The lowest BCUT2D eigenvalue weighted by atomic mass is 10.1. The van der Waals surface area contributed by atoms with E-state index in [9.17, 15) is 18.0 Å². The van der Waals surface area contributed by atoms with Gasteiger partial charge in [-0.05, 0) is 58.9 Å². The third kappa shape index (κ3) is 6.61. The number of amides is 3. The van der Waals surface area contributed by atoms with Crippen molar-refractivity contribution < 1.29 is 22.4 Å². The quantitative estimate of drug-likeness (QED) is 0.568. The van der Waals surface area contributed by atoms with Crippen LogP contribution in [0.15, 0.2) is 45.9 Å². The fourth-order valence-electron chi connectivity index (χ4n) is 2.35. The van der Waals surface area contributed by atoms with Gasteiger partial charge in [0.15, 0.2) is 5.76 Å². The molecule has 1 heterocycles. The van der Waals surface area contributed by atoms with Gasteiger partial charge in [-0.3, -0.25) is 4.79 Å².